The number of carbonyl (C=O) groups excluding carboxylic acids is 1. The summed E-state index contributed by atoms with van der Waals surface area (Å²) < 4.78 is 4.89. The van der Waals surface area contributed by atoms with Crippen LogP contribution < -0.4 is 0 Å². The minimum absolute atomic E-state index is 0.0378. The van der Waals surface area contributed by atoms with Gasteiger partial charge in [0, 0.05) is 0 Å². The van der Waals surface area contributed by atoms with Crippen molar-refractivity contribution < 1.29 is 14.0 Å². The SMILES string of the molecule is CO/N=C(/C(=O)Cl)c1ccco1. The molecule has 0 spiro atoms. The van der Waals surface area contributed by atoms with Crippen LogP contribution in [-0.4, -0.2) is 18.1 Å². The van der Waals surface area contributed by atoms with Gasteiger partial charge in [0.05, 0.1) is 6.26 Å². The highest BCUT2D eigenvalue weighted by Crippen LogP contribution is 2.05. The summed E-state index contributed by atoms with van der Waals surface area (Å²) in [5.41, 5.74) is -0.0378. The van der Waals surface area contributed by atoms with E-state index in [1.165, 1.54) is 13.4 Å². The topological polar surface area (TPSA) is 51.8 Å². The molecule has 1 aromatic heterocycles. The largest absolute Gasteiger partial charge is 0.462 e. The van der Waals surface area contributed by atoms with Crippen molar-refractivity contribution in [2.24, 2.45) is 5.16 Å². The Labute approximate surface area is 73.7 Å². The van der Waals surface area contributed by atoms with Crippen molar-refractivity contribution in [2.75, 3.05) is 7.11 Å². The van der Waals surface area contributed by atoms with Crippen LogP contribution in [0, 0.1) is 0 Å². The molecule has 0 N–H and O–H groups in total. The molecule has 0 bridgehead atoms. The third kappa shape index (κ3) is 1.85. The van der Waals surface area contributed by atoms with Crippen molar-refractivity contribution in [1.82, 2.24) is 0 Å². The number of hydrogen-bond donors (Lipinski definition) is 0. The average Bonchev–Trinajstić information content (AvgIpc) is 2.51. The minimum Gasteiger partial charge on any atom is -0.462 e. The second kappa shape index (κ2) is 3.92. The van der Waals surface area contributed by atoms with Gasteiger partial charge in [-0.05, 0) is 23.7 Å². The Hall–Kier alpha value is -1.29. The second-order valence-electron chi connectivity index (χ2n) is 1.87. The summed E-state index contributed by atoms with van der Waals surface area (Å²) in [5.74, 6) is 0.289. The number of halogens is 1. The fraction of sp³-hybridized carbons (Fsp3) is 0.143. The Morgan fingerprint density at radius 3 is 2.92 bits per heavy atom. The summed E-state index contributed by atoms with van der Waals surface area (Å²) in [4.78, 5) is 15.1. The Morgan fingerprint density at radius 1 is 1.75 bits per heavy atom. The Balaban J connectivity index is 2.96. The average molecular weight is 188 g/mol. The van der Waals surface area contributed by atoms with E-state index in [1.54, 1.807) is 12.1 Å². The van der Waals surface area contributed by atoms with E-state index in [0.717, 1.165) is 0 Å². The van der Waals surface area contributed by atoms with E-state index in [2.05, 4.69) is 9.99 Å². The van der Waals surface area contributed by atoms with Gasteiger partial charge in [-0.3, -0.25) is 4.79 Å². The summed E-state index contributed by atoms with van der Waals surface area (Å²) in [6, 6.07) is 3.19. The van der Waals surface area contributed by atoms with Gasteiger partial charge in [0.25, 0.3) is 5.24 Å². The quantitative estimate of drug-likeness (QED) is 0.408. The molecule has 12 heavy (non-hydrogen) atoms. The lowest BCUT2D eigenvalue weighted by atomic mass is 10.3. The molecular formula is C7H6ClNO3. The van der Waals surface area contributed by atoms with Crippen LogP contribution in [-0.2, 0) is 9.63 Å². The van der Waals surface area contributed by atoms with E-state index in [9.17, 15) is 4.79 Å². The zero-order chi connectivity index (χ0) is 8.97. The van der Waals surface area contributed by atoms with Crippen molar-refractivity contribution in [1.29, 1.82) is 0 Å². The zero-order valence-electron chi connectivity index (χ0n) is 6.28. The summed E-state index contributed by atoms with van der Waals surface area (Å²) in [6.07, 6.45) is 1.42. The molecule has 0 aliphatic heterocycles. The van der Waals surface area contributed by atoms with Crippen molar-refractivity contribution in [3.8, 4) is 0 Å². The molecule has 0 aliphatic rings. The molecule has 1 aromatic rings. The second-order valence-corrected chi connectivity index (χ2v) is 2.22. The summed E-state index contributed by atoms with van der Waals surface area (Å²) >= 11 is 5.20. The van der Waals surface area contributed by atoms with Crippen LogP contribution >= 0.6 is 11.6 Å². The standard InChI is InChI=1S/C7H6ClNO3/c1-11-9-6(7(8)10)5-3-2-4-12-5/h2-4H,1H3/b9-6+. The molecule has 0 aliphatic carbocycles. The highest BCUT2D eigenvalue weighted by Gasteiger charge is 2.14. The van der Waals surface area contributed by atoms with Gasteiger partial charge in [-0.25, -0.2) is 0 Å². The third-order valence-corrected chi connectivity index (χ3v) is 1.30. The molecule has 0 fully saturated rings. The normalized spacial score (nSPS) is 11.3. The molecule has 0 atom stereocenters. The minimum atomic E-state index is -0.716. The van der Waals surface area contributed by atoms with Crippen LogP contribution in [0.3, 0.4) is 0 Å². The molecule has 0 saturated carbocycles. The van der Waals surface area contributed by atoms with Crippen molar-refractivity contribution in [3.05, 3.63) is 24.2 Å². The van der Waals surface area contributed by atoms with Crippen molar-refractivity contribution in [3.63, 3.8) is 0 Å². The van der Waals surface area contributed by atoms with Gasteiger partial charge in [0.2, 0.25) is 5.71 Å². The number of nitrogens with zero attached hydrogens (tertiary/aromatic N) is 1. The van der Waals surface area contributed by atoms with Gasteiger partial charge >= 0.3 is 0 Å². The number of carbonyl (C=O) groups is 1. The number of furan rings is 1. The van der Waals surface area contributed by atoms with Crippen molar-refractivity contribution in [2.45, 2.75) is 0 Å². The van der Waals surface area contributed by atoms with E-state index in [4.69, 9.17) is 16.0 Å². The summed E-state index contributed by atoms with van der Waals surface area (Å²) in [6.45, 7) is 0. The molecule has 64 valence electrons. The Kier molecular flexibility index (Phi) is 2.88. The number of rotatable bonds is 3. The lowest BCUT2D eigenvalue weighted by Gasteiger charge is -1.93. The fourth-order valence-corrected chi connectivity index (χ4v) is 0.810. The highest BCUT2D eigenvalue weighted by molar-refractivity contribution is 6.83. The first-order valence-corrected chi connectivity index (χ1v) is 3.48. The molecule has 0 unspecified atom stereocenters. The van der Waals surface area contributed by atoms with E-state index in [1.807, 2.05) is 0 Å². The molecule has 0 amide bonds. The summed E-state index contributed by atoms with van der Waals surface area (Å²) in [5, 5.41) is 2.69. The first-order valence-electron chi connectivity index (χ1n) is 3.10. The molecule has 1 heterocycles. The van der Waals surface area contributed by atoms with E-state index < -0.39 is 5.24 Å². The molecule has 0 saturated heterocycles. The predicted molar refractivity (Wildman–Crippen MR) is 43.1 cm³/mol. The van der Waals surface area contributed by atoms with Crippen LogP contribution in [0.5, 0.6) is 0 Å². The van der Waals surface area contributed by atoms with E-state index in [0.29, 0.717) is 0 Å². The van der Waals surface area contributed by atoms with Gasteiger partial charge < -0.3 is 9.25 Å². The summed E-state index contributed by atoms with van der Waals surface area (Å²) in [7, 11) is 1.32. The highest BCUT2D eigenvalue weighted by atomic mass is 35.5. The van der Waals surface area contributed by atoms with E-state index >= 15 is 0 Å². The maximum absolute atomic E-state index is 10.7. The zero-order valence-corrected chi connectivity index (χ0v) is 7.04. The third-order valence-electron chi connectivity index (χ3n) is 1.12. The van der Waals surface area contributed by atoms with Crippen LogP contribution in [0.25, 0.3) is 0 Å². The van der Waals surface area contributed by atoms with Gasteiger partial charge in [-0.2, -0.15) is 0 Å². The Morgan fingerprint density at radius 2 is 2.50 bits per heavy atom. The Bertz CT molecular complexity index is 292. The first-order chi connectivity index (χ1) is 5.75. The van der Waals surface area contributed by atoms with Crippen LogP contribution in [0.1, 0.15) is 5.76 Å². The predicted octanol–water partition coefficient (Wildman–Crippen LogP) is 1.40. The molecule has 0 radical (unpaired) electrons. The first kappa shape index (κ1) is 8.80. The number of oxime groups is 1. The smallest absolute Gasteiger partial charge is 0.278 e. The van der Waals surface area contributed by atoms with E-state index in [-0.39, 0.29) is 11.5 Å². The lowest BCUT2D eigenvalue weighted by molar-refractivity contribution is -0.106. The van der Waals surface area contributed by atoms with Gasteiger partial charge in [-0.15, -0.1) is 0 Å². The molecular weight excluding hydrogens is 182 g/mol. The van der Waals surface area contributed by atoms with Crippen LogP contribution in [0.2, 0.25) is 0 Å². The van der Waals surface area contributed by atoms with Crippen LogP contribution in [0.4, 0.5) is 0 Å². The molecule has 4 nitrogen and oxygen atoms in total. The molecule has 5 heteroatoms. The molecule has 0 aromatic carbocycles. The van der Waals surface area contributed by atoms with Crippen LogP contribution in [0.15, 0.2) is 28.0 Å². The van der Waals surface area contributed by atoms with Crippen molar-refractivity contribution >= 4 is 22.6 Å². The lowest BCUT2D eigenvalue weighted by Crippen LogP contribution is -2.08. The van der Waals surface area contributed by atoms with Gasteiger partial charge in [0.15, 0.2) is 5.76 Å². The fourth-order valence-electron chi connectivity index (χ4n) is 0.682. The monoisotopic (exact) mass is 187 g/mol. The molecule has 1 rings (SSSR count). The number of hydrogen-bond acceptors (Lipinski definition) is 4. The van der Waals surface area contributed by atoms with Gasteiger partial charge in [0.1, 0.15) is 7.11 Å². The van der Waals surface area contributed by atoms with Gasteiger partial charge in [-0.1, -0.05) is 5.16 Å². The maximum Gasteiger partial charge on any atom is 0.278 e. The maximum atomic E-state index is 10.7.